The van der Waals surface area contributed by atoms with E-state index in [0.29, 0.717) is 35.7 Å². The van der Waals surface area contributed by atoms with Crippen molar-refractivity contribution >= 4 is 28.4 Å². The highest BCUT2D eigenvalue weighted by Crippen LogP contribution is 2.42. The van der Waals surface area contributed by atoms with Gasteiger partial charge in [0.15, 0.2) is 0 Å². The minimum absolute atomic E-state index is 0.0394. The lowest BCUT2D eigenvalue weighted by atomic mass is 9.94. The van der Waals surface area contributed by atoms with Crippen LogP contribution >= 0.6 is 0 Å². The number of aromatic amines is 1. The van der Waals surface area contributed by atoms with Gasteiger partial charge in [0.2, 0.25) is 0 Å². The fraction of sp³-hybridized carbons (Fsp3) is 0.200. The number of rotatable bonds is 8. The molecule has 1 fully saturated rings. The number of carbonyl (C=O) groups excluding carboxylic acids is 2. The number of aromatic nitrogens is 1. The third-order valence-corrected chi connectivity index (χ3v) is 6.71. The fourth-order valence-corrected chi connectivity index (χ4v) is 4.94. The molecule has 1 saturated heterocycles. The predicted molar refractivity (Wildman–Crippen MR) is 142 cm³/mol. The highest BCUT2D eigenvalue weighted by Gasteiger charge is 2.46. The number of hydrogen-bond acceptors (Lipinski definition) is 5. The Hall–Kier alpha value is -4.52. The number of aliphatic hydroxyl groups is 1. The molecule has 5 rings (SSSR count). The number of carbonyl (C=O) groups is 2. The zero-order chi connectivity index (χ0) is 25.9. The molecule has 2 heterocycles. The summed E-state index contributed by atoms with van der Waals surface area (Å²) in [5.41, 5.74) is 3.16. The number of hydrogen-bond donors (Lipinski definition) is 2. The molecule has 0 aliphatic carbocycles. The van der Waals surface area contributed by atoms with E-state index in [4.69, 9.17) is 9.47 Å². The van der Waals surface area contributed by atoms with Gasteiger partial charge in [-0.1, -0.05) is 36.4 Å². The molecule has 1 aliphatic rings. The number of ether oxygens (including phenoxy) is 2. The largest absolute Gasteiger partial charge is 0.507 e. The summed E-state index contributed by atoms with van der Waals surface area (Å²) >= 11 is 0. The normalized spacial score (nSPS) is 16.9. The van der Waals surface area contributed by atoms with Gasteiger partial charge in [0.05, 0.1) is 25.3 Å². The molecule has 1 aliphatic heterocycles. The smallest absolute Gasteiger partial charge is 0.295 e. The number of fused-ring (bicyclic) bond motifs is 1. The van der Waals surface area contributed by atoms with E-state index in [1.807, 2.05) is 55.6 Å². The van der Waals surface area contributed by atoms with E-state index in [0.717, 1.165) is 16.5 Å². The van der Waals surface area contributed by atoms with E-state index < -0.39 is 17.7 Å². The average molecular weight is 497 g/mol. The van der Waals surface area contributed by atoms with Gasteiger partial charge < -0.3 is 24.5 Å². The number of benzene rings is 3. The van der Waals surface area contributed by atoms with Crippen molar-refractivity contribution in [2.45, 2.75) is 19.4 Å². The van der Waals surface area contributed by atoms with Gasteiger partial charge >= 0.3 is 0 Å². The van der Waals surface area contributed by atoms with Crippen molar-refractivity contribution in [3.63, 3.8) is 0 Å². The Morgan fingerprint density at radius 1 is 1.00 bits per heavy atom. The SMILES string of the molecule is CCOc1ccc(C(O)=C2C(=O)C(=O)N(CCc3c[nH]c4ccccc34)[C@H]2c2ccccc2OC)cc1. The lowest BCUT2D eigenvalue weighted by Crippen LogP contribution is -2.31. The first-order valence-corrected chi connectivity index (χ1v) is 12.2. The molecule has 0 unspecified atom stereocenters. The van der Waals surface area contributed by atoms with Gasteiger partial charge in [-0.05, 0) is 55.3 Å². The number of nitrogens with zero attached hydrogens (tertiary/aromatic N) is 1. The standard InChI is InChI=1S/C30H28N2O5/c1-3-37-21-14-12-19(13-15-21)28(33)26-27(23-9-5-7-11-25(23)36-2)32(30(35)29(26)34)17-16-20-18-31-24-10-6-4-8-22(20)24/h4-15,18,27,31,33H,3,16-17H2,1-2H3/t27-/m0/s1. The van der Waals surface area contributed by atoms with Crippen molar-refractivity contribution in [1.82, 2.24) is 9.88 Å². The Balaban J connectivity index is 1.57. The molecule has 4 aromatic rings. The number of H-pyrrole nitrogens is 1. The molecular weight excluding hydrogens is 468 g/mol. The van der Waals surface area contributed by atoms with Gasteiger partial charge in [0.25, 0.3) is 11.7 Å². The number of para-hydroxylation sites is 2. The van der Waals surface area contributed by atoms with Crippen LogP contribution in [0.1, 0.15) is 29.7 Å². The van der Waals surface area contributed by atoms with Gasteiger partial charge in [-0.15, -0.1) is 0 Å². The van der Waals surface area contributed by atoms with Crippen molar-refractivity contribution < 1.29 is 24.2 Å². The molecule has 3 aromatic carbocycles. The number of aliphatic hydroxyl groups excluding tert-OH is 1. The second-order valence-corrected chi connectivity index (χ2v) is 8.80. The molecule has 0 spiro atoms. The number of nitrogens with one attached hydrogen (secondary N) is 1. The maximum absolute atomic E-state index is 13.4. The molecule has 7 heteroatoms. The summed E-state index contributed by atoms with van der Waals surface area (Å²) < 4.78 is 11.1. The van der Waals surface area contributed by atoms with Crippen molar-refractivity contribution in [2.24, 2.45) is 0 Å². The van der Waals surface area contributed by atoms with Crippen molar-refractivity contribution in [3.8, 4) is 11.5 Å². The third-order valence-electron chi connectivity index (χ3n) is 6.71. The lowest BCUT2D eigenvalue weighted by molar-refractivity contribution is -0.139. The first kappa shape index (κ1) is 24.2. The molecule has 37 heavy (non-hydrogen) atoms. The van der Waals surface area contributed by atoms with Gasteiger partial charge in [0, 0.05) is 34.8 Å². The average Bonchev–Trinajstić information content (AvgIpc) is 3.45. The molecular formula is C30H28N2O5. The highest BCUT2D eigenvalue weighted by atomic mass is 16.5. The van der Waals surface area contributed by atoms with Crippen molar-refractivity contribution in [3.05, 3.63) is 101 Å². The highest BCUT2D eigenvalue weighted by molar-refractivity contribution is 6.46. The van der Waals surface area contributed by atoms with E-state index in [9.17, 15) is 14.7 Å². The van der Waals surface area contributed by atoms with Crippen LogP contribution < -0.4 is 9.47 Å². The Labute approximate surface area is 214 Å². The van der Waals surface area contributed by atoms with Crippen molar-refractivity contribution in [1.29, 1.82) is 0 Å². The monoisotopic (exact) mass is 496 g/mol. The first-order valence-electron chi connectivity index (χ1n) is 12.2. The molecule has 0 radical (unpaired) electrons. The van der Waals surface area contributed by atoms with E-state index in [1.54, 1.807) is 37.4 Å². The zero-order valence-corrected chi connectivity index (χ0v) is 20.7. The van der Waals surface area contributed by atoms with Crippen LogP contribution in [0.2, 0.25) is 0 Å². The van der Waals surface area contributed by atoms with E-state index in [-0.39, 0.29) is 17.9 Å². The lowest BCUT2D eigenvalue weighted by Gasteiger charge is -2.26. The molecule has 1 atom stereocenters. The molecule has 188 valence electrons. The Bertz CT molecular complexity index is 1490. The topological polar surface area (TPSA) is 91.9 Å². The summed E-state index contributed by atoms with van der Waals surface area (Å²) in [4.78, 5) is 31.5. The summed E-state index contributed by atoms with van der Waals surface area (Å²) in [7, 11) is 1.55. The van der Waals surface area contributed by atoms with E-state index in [2.05, 4.69) is 4.98 Å². The first-order chi connectivity index (χ1) is 18.0. The van der Waals surface area contributed by atoms with Gasteiger partial charge in [0.1, 0.15) is 17.3 Å². The minimum Gasteiger partial charge on any atom is -0.507 e. The number of likely N-dealkylation sites (tertiary alicyclic amines) is 1. The minimum atomic E-state index is -0.798. The number of amides is 1. The van der Waals surface area contributed by atoms with Crippen LogP contribution in [-0.2, 0) is 16.0 Å². The van der Waals surface area contributed by atoms with Crippen LogP contribution in [0.3, 0.4) is 0 Å². The summed E-state index contributed by atoms with van der Waals surface area (Å²) in [5, 5.41) is 12.4. The Morgan fingerprint density at radius 2 is 1.73 bits per heavy atom. The number of ketones is 1. The molecule has 1 amide bonds. The van der Waals surface area contributed by atoms with Gasteiger partial charge in [-0.25, -0.2) is 0 Å². The van der Waals surface area contributed by atoms with Gasteiger partial charge in [-0.2, -0.15) is 0 Å². The molecule has 0 bridgehead atoms. The van der Waals surface area contributed by atoms with Crippen LogP contribution in [0.25, 0.3) is 16.7 Å². The number of Topliss-reactive ketones (excluding diaryl/α,β-unsaturated/α-hetero) is 1. The summed E-state index contributed by atoms with van der Waals surface area (Å²) in [6.45, 7) is 2.69. The van der Waals surface area contributed by atoms with Crippen LogP contribution in [0.4, 0.5) is 0 Å². The van der Waals surface area contributed by atoms with E-state index >= 15 is 0 Å². The summed E-state index contributed by atoms with van der Waals surface area (Å²) in [6.07, 6.45) is 2.46. The maximum atomic E-state index is 13.4. The Morgan fingerprint density at radius 3 is 2.49 bits per heavy atom. The van der Waals surface area contributed by atoms with Crippen LogP contribution in [0.15, 0.2) is 84.6 Å². The maximum Gasteiger partial charge on any atom is 0.295 e. The molecule has 2 N–H and O–H groups in total. The summed E-state index contributed by atoms with van der Waals surface area (Å²) in [5.74, 6) is -0.417. The molecule has 0 saturated carbocycles. The van der Waals surface area contributed by atoms with E-state index in [1.165, 1.54) is 4.90 Å². The molecule has 7 nitrogen and oxygen atoms in total. The van der Waals surface area contributed by atoms with Crippen LogP contribution in [-0.4, -0.2) is 46.9 Å². The quantitative estimate of drug-likeness (QED) is 0.198. The number of methoxy groups -OCH3 is 1. The van der Waals surface area contributed by atoms with Crippen LogP contribution in [0, 0.1) is 0 Å². The summed E-state index contributed by atoms with van der Waals surface area (Å²) in [6, 6.07) is 21.2. The fourth-order valence-electron chi connectivity index (χ4n) is 4.94. The predicted octanol–water partition coefficient (Wildman–Crippen LogP) is 5.24. The van der Waals surface area contributed by atoms with Crippen LogP contribution in [0.5, 0.6) is 11.5 Å². The zero-order valence-electron chi connectivity index (χ0n) is 20.7. The second-order valence-electron chi connectivity index (χ2n) is 8.80. The third kappa shape index (κ3) is 4.44. The molecule has 1 aromatic heterocycles. The van der Waals surface area contributed by atoms with Crippen molar-refractivity contribution in [2.75, 3.05) is 20.3 Å². The second kappa shape index (κ2) is 10.2. The van der Waals surface area contributed by atoms with Gasteiger partial charge in [-0.3, -0.25) is 9.59 Å². The Kier molecular flexibility index (Phi) is 6.68.